The summed E-state index contributed by atoms with van der Waals surface area (Å²) >= 11 is 0. The number of aryl methyl sites for hydroxylation is 3. The van der Waals surface area contributed by atoms with Gasteiger partial charge in [-0.2, -0.15) is 0 Å². The standard InChI is InChI=1S/C17H20N4O3/c1-10-8-18-15(19-10)14-9-24-6-5-21(14)17(23)12-7-11-3-2-4-13(11)20-16(12)22/h7-8,14H,2-6,9H2,1H3,(H,18,19)(H,20,22). The number of rotatable bonds is 2. The number of carbonyl (C=O) groups is 1. The van der Waals surface area contributed by atoms with E-state index in [0.29, 0.717) is 25.6 Å². The highest BCUT2D eigenvalue weighted by molar-refractivity contribution is 5.94. The van der Waals surface area contributed by atoms with Gasteiger partial charge in [0.25, 0.3) is 11.5 Å². The number of fused-ring (bicyclic) bond motifs is 1. The fourth-order valence-corrected chi connectivity index (χ4v) is 3.50. The summed E-state index contributed by atoms with van der Waals surface area (Å²) in [6.45, 7) is 3.20. The van der Waals surface area contributed by atoms with Crippen LogP contribution in [0.15, 0.2) is 17.1 Å². The normalized spacial score (nSPS) is 20.2. The fraction of sp³-hybridized carbons (Fsp3) is 0.471. The van der Waals surface area contributed by atoms with Crippen LogP contribution in [0, 0.1) is 6.92 Å². The third kappa shape index (κ3) is 2.54. The first-order chi connectivity index (χ1) is 11.6. The van der Waals surface area contributed by atoms with Crippen molar-refractivity contribution in [2.75, 3.05) is 19.8 Å². The highest BCUT2D eigenvalue weighted by atomic mass is 16.5. The summed E-state index contributed by atoms with van der Waals surface area (Å²) < 4.78 is 5.53. The molecule has 0 radical (unpaired) electrons. The summed E-state index contributed by atoms with van der Waals surface area (Å²) in [5.41, 5.74) is 2.89. The van der Waals surface area contributed by atoms with Crippen molar-refractivity contribution >= 4 is 5.91 Å². The van der Waals surface area contributed by atoms with Crippen molar-refractivity contribution in [3.8, 4) is 0 Å². The second-order valence-electron chi connectivity index (χ2n) is 6.41. The predicted octanol–water partition coefficient (Wildman–Crippen LogP) is 1.11. The van der Waals surface area contributed by atoms with E-state index in [0.717, 1.165) is 36.2 Å². The van der Waals surface area contributed by atoms with Crippen LogP contribution in [0.1, 0.15) is 45.6 Å². The van der Waals surface area contributed by atoms with Crippen molar-refractivity contribution in [3.63, 3.8) is 0 Å². The molecule has 7 nitrogen and oxygen atoms in total. The number of nitrogens with zero attached hydrogens (tertiary/aromatic N) is 2. The molecule has 2 aromatic heterocycles. The zero-order chi connectivity index (χ0) is 16.7. The van der Waals surface area contributed by atoms with Crippen molar-refractivity contribution in [1.82, 2.24) is 19.9 Å². The molecule has 1 atom stereocenters. The first-order valence-electron chi connectivity index (χ1n) is 8.29. The average Bonchev–Trinajstić information content (AvgIpc) is 3.21. The van der Waals surface area contributed by atoms with Crippen LogP contribution in [0.5, 0.6) is 0 Å². The van der Waals surface area contributed by atoms with Crippen LogP contribution in [0.25, 0.3) is 0 Å². The molecule has 1 amide bonds. The molecule has 0 spiro atoms. The monoisotopic (exact) mass is 328 g/mol. The van der Waals surface area contributed by atoms with Gasteiger partial charge in [0, 0.05) is 24.1 Å². The van der Waals surface area contributed by atoms with Gasteiger partial charge in [0.1, 0.15) is 17.4 Å². The summed E-state index contributed by atoms with van der Waals surface area (Å²) in [6, 6.07) is 1.47. The van der Waals surface area contributed by atoms with Gasteiger partial charge in [-0.1, -0.05) is 0 Å². The number of hydrogen-bond donors (Lipinski definition) is 2. The van der Waals surface area contributed by atoms with Crippen molar-refractivity contribution in [1.29, 1.82) is 0 Å². The Morgan fingerprint density at radius 3 is 3.04 bits per heavy atom. The summed E-state index contributed by atoms with van der Waals surface area (Å²) in [4.78, 5) is 37.4. The van der Waals surface area contributed by atoms with Gasteiger partial charge in [-0.15, -0.1) is 0 Å². The molecule has 24 heavy (non-hydrogen) atoms. The Morgan fingerprint density at radius 2 is 2.25 bits per heavy atom. The van der Waals surface area contributed by atoms with Crippen LogP contribution < -0.4 is 5.56 Å². The van der Waals surface area contributed by atoms with E-state index in [4.69, 9.17) is 4.74 Å². The summed E-state index contributed by atoms with van der Waals surface area (Å²) in [5.74, 6) is 0.437. The number of aromatic nitrogens is 3. The lowest BCUT2D eigenvalue weighted by atomic mass is 10.1. The third-order valence-electron chi connectivity index (χ3n) is 4.75. The molecule has 0 bridgehead atoms. The van der Waals surface area contributed by atoms with E-state index >= 15 is 0 Å². The van der Waals surface area contributed by atoms with Gasteiger partial charge in [-0.05, 0) is 37.8 Å². The van der Waals surface area contributed by atoms with Crippen molar-refractivity contribution < 1.29 is 9.53 Å². The van der Waals surface area contributed by atoms with Gasteiger partial charge >= 0.3 is 0 Å². The van der Waals surface area contributed by atoms with E-state index in [1.165, 1.54) is 0 Å². The lowest BCUT2D eigenvalue weighted by Crippen LogP contribution is -2.45. The molecule has 1 aliphatic heterocycles. The minimum Gasteiger partial charge on any atom is -0.377 e. The number of imidazole rings is 1. The Labute approximate surface area is 139 Å². The van der Waals surface area contributed by atoms with Crippen LogP contribution in [0.4, 0.5) is 0 Å². The molecule has 2 aliphatic rings. The minimum atomic E-state index is -0.304. The van der Waals surface area contributed by atoms with Gasteiger partial charge in [-0.3, -0.25) is 9.59 Å². The molecule has 1 fully saturated rings. The van der Waals surface area contributed by atoms with Crippen LogP contribution in [-0.2, 0) is 17.6 Å². The van der Waals surface area contributed by atoms with Crippen molar-refractivity contribution in [2.24, 2.45) is 0 Å². The molecule has 4 rings (SSSR count). The van der Waals surface area contributed by atoms with Crippen LogP contribution in [0.3, 0.4) is 0 Å². The number of morpholine rings is 1. The van der Waals surface area contributed by atoms with E-state index in [1.807, 2.05) is 6.92 Å². The Bertz CT molecular complexity index is 839. The molecule has 1 saturated heterocycles. The fourth-order valence-electron chi connectivity index (χ4n) is 3.50. The Balaban J connectivity index is 1.68. The van der Waals surface area contributed by atoms with Crippen molar-refractivity contribution in [2.45, 2.75) is 32.2 Å². The maximum atomic E-state index is 13.0. The molecule has 2 N–H and O–H groups in total. The van der Waals surface area contributed by atoms with Crippen molar-refractivity contribution in [3.05, 3.63) is 51.0 Å². The number of aromatic amines is 2. The molecule has 126 valence electrons. The molecule has 3 heterocycles. The summed E-state index contributed by atoms with van der Waals surface area (Å²) in [6.07, 6.45) is 4.55. The molecule has 0 aromatic carbocycles. The van der Waals surface area contributed by atoms with E-state index in [1.54, 1.807) is 17.2 Å². The number of nitrogens with one attached hydrogen (secondary N) is 2. The zero-order valence-corrected chi connectivity index (χ0v) is 13.6. The summed E-state index contributed by atoms with van der Waals surface area (Å²) in [5, 5.41) is 0. The lowest BCUT2D eigenvalue weighted by molar-refractivity contribution is -0.00511. The predicted molar refractivity (Wildman–Crippen MR) is 87.0 cm³/mol. The quantitative estimate of drug-likeness (QED) is 0.864. The molecular formula is C17H20N4O3. The number of amides is 1. The number of carbonyl (C=O) groups excluding carboxylic acids is 1. The number of ether oxygens (including phenoxy) is 1. The lowest BCUT2D eigenvalue weighted by Gasteiger charge is -2.34. The molecule has 0 saturated carbocycles. The molecule has 7 heteroatoms. The van der Waals surface area contributed by atoms with Gasteiger partial charge in [0.2, 0.25) is 0 Å². The smallest absolute Gasteiger partial charge is 0.261 e. The highest BCUT2D eigenvalue weighted by Gasteiger charge is 2.32. The van der Waals surface area contributed by atoms with Crippen LogP contribution in [0.2, 0.25) is 0 Å². The average molecular weight is 328 g/mol. The van der Waals surface area contributed by atoms with E-state index in [2.05, 4.69) is 15.0 Å². The van der Waals surface area contributed by atoms with E-state index in [9.17, 15) is 9.59 Å². The highest BCUT2D eigenvalue weighted by Crippen LogP contribution is 2.25. The van der Waals surface area contributed by atoms with Crippen LogP contribution in [-0.4, -0.2) is 45.5 Å². The van der Waals surface area contributed by atoms with Gasteiger partial charge in [0.15, 0.2) is 0 Å². The molecule has 1 unspecified atom stereocenters. The molecule has 2 aromatic rings. The SMILES string of the molecule is Cc1cnc(C2COCCN2C(=O)c2cc3c([nH]c2=O)CCC3)[nH]1. The summed E-state index contributed by atoms with van der Waals surface area (Å²) in [7, 11) is 0. The molecule has 1 aliphatic carbocycles. The maximum absolute atomic E-state index is 13.0. The zero-order valence-electron chi connectivity index (χ0n) is 13.6. The Hall–Kier alpha value is -2.41. The van der Waals surface area contributed by atoms with Crippen LogP contribution >= 0.6 is 0 Å². The third-order valence-corrected chi connectivity index (χ3v) is 4.75. The van der Waals surface area contributed by atoms with Gasteiger partial charge in [-0.25, -0.2) is 4.98 Å². The minimum absolute atomic E-state index is 0.214. The number of H-pyrrole nitrogens is 2. The number of pyridine rings is 1. The Morgan fingerprint density at radius 1 is 1.38 bits per heavy atom. The second kappa shape index (κ2) is 5.90. The van der Waals surface area contributed by atoms with E-state index in [-0.39, 0.29) is 23.1 Å². The molecular weight excluding hydrogens is 308 g/mol. The topological polar surface area (TPSA) is 91.1 Å². The first kappa shape index (κ1) is 15.1. The maximum Gasteiger partial charge on any atom is 0.261 e. The van der Waals surface area contributed by atoms with E-state index < -0.39 is 0 Å². The number of hydrogen-bond acceptors (Lipinski definition) is 4. The van der Waals surface area contributed by atoms with Gasteiger partial charge in [0.05, 0.1) is 13.2 Å². The first-order valence-corrected chi connectivity index (χ1v) is 8.29. The Kier molecular flexibility index (Phi) is 3.72. The van der Waals surface area contributed by atoms with Gasteiger partial charge < -0.3 is 19.6 Å². The second-order valence-corrected chi connectivity index (χ2v) is 6.41. The largest absolute Gasteiger partial charge is 0.377 e.